The summed E-state index contributed by atoms with van der Waals surface area (Å²) < 4.78 is 1.34. The molecule has 6 heteroatoms. The molecule has 0 radical (unpaired) electrons. The molecule has 0 spiro atoms. The van der Waals surface area contributed by atoms with E-state index in [2.05, 4.69) is 50.5 Å². The molecule has 0 heterocycles. The molecule has 0 aliphatic rings. The zero-order chi connectivity index (χ0) is 5.15. The van der Waals surface area contributed by atoms with Crippen LogP contribution in [0.2, 0.25) is 0 Å². The van der Waals surface area contributed by atoms with Gasteiger partial charge in [-0.1, -0.05) is 25.6 Å². The smallest absolute Gasteiger partial charge is 0.409 e. The standard InChI is InChI=1S/CH3NS4.Na/c3-1(4)2(5)6;/h5-6H,(H,3,4);/q;+1/p-1. The van der Waals surface area contributed by atoms with Crippen LogP contribution >= 0.6 is 37.8 Å². The fourth-order valence-corrected chi connectivity index (χ4v) is 0. The monoisotopic (exact) mass is 179 g/mol. The van der Waals surface area contributed by atoms with Crippen LogP contribution in [0.5, 0.6) is 0 Å². The van der Waals surface area contributed by atoms with Gasteiger partial charge < -0.3 is 24.8 Å². The van der Waals surface area contributed by atoms with E-state index in [1.165, 1.54) is 0 Å². The third kappa shape index (κ3) is 7.81. The fourth-order valence-electron chi connectivity index (χ4n) is 0. The Morgan fingerprint density at radius 1 is 1.57 bits per heavy atom. The molecule has 0 rings (SSSR count). The molecule has 36 valence electrons. The van der Waals surface area contributed by atoms with Gasteiger partial charge in [-0.15, -0.1) is 0 Å². The van der Waals surface area contributed by atoms with Gasteiger partial charge >= 0.3 is 29.6 Å². The summed E-state index contributed by atoms with van der Waals surface area (Å²) in [5.74, 6) is 0. The Kier molecular flexibility index (Phi) is 9.83. The number of hydrogen-bond acceptors (Lipinski definition) is 4. The molecule has 0 atom stereocenters. The van der Waals surface area contributed by atoms with E-state index in [0.29, 0.717) is 0 Å². The molecule has 0 aliphatic carbocycles. The first-order valence-corrected chi connectivity index (χ1v) is 2.65. The van der Waals surface area contributed by atoms with E-state index in [9.17, 15) is 0 Å². The van der Waals surface area contributed by atoms with E-state index >= 15 is 0 Å². The number of thiocarbonyl (C=S) groups is 1. The predicted octanol–water partition coefficient (Wildman–Crippen LogP) is -2.19. The normalized spacial score (nSPS) is 6.57. The second-order valence-corrected chi connectivity index (χ2v) is 2.70. The average molecular weight is 179 g/mol. The SMILES string of the molecule is S=C([S-])N(S)S.[Na+]. The molecular weight excluding hydrogens is 177 g/mol. The summed E-state index contributed by atoms with van der Waals surface area (Å²) >= 11 is 16.1. The zero-order valence-electron chi connectivity index (χ0n) is 3.66. The van der Waals surface area contributed by atoms with Crippen LogP contribution < -0.4 is 29.6 Å². The first-order chi connectivity index (χ1) is 2.64. The molecule has 0 amide bonds. The number of rotatable bonds is 0. The second kappa shape index (κ2) is 5.94. The molecule has 0 unspecified atom stereocenters. The molecule has 0 saturated carbocycles. The first-order valence-electron chi connectivity index (χ1n) is 1.03. The van der Waals surface area contributed by atoms with Crippen LogP contribution in [0.3, 0.4) is 0 Å². The minimum atomic E-state index is 0. The first kappa shape index (κ1) is 11.6. The summed E-state index contributed by atoms with van der Waals surface area (Å²) in [4.78, 5) is 0. The van der Waals surface area contributed by atoms with Gasteiger partial charge in [0.1, 0.15) is 0 Å². The van der Waals surface area contributed by atoms with Crippen molar-refractivity contribution in [1.29, 1.82) is 0 Å². The van der Waals surface area contributed by atoms with E-state index in [1.54, 1.807) is 0 Å². The van der Waals surface area contributed by atoms with Gasteiger partial charge in [-0.2, -0.15) is 0 Å². The molecule has 0 saturated heterocycles. The van der Waals surface area contributed by atoms with E-state index in [-0.39, 0.29) is 33.9 Å². The Labute approximate surface area is 87.0 Å². The maximum Gasteiger partial charge on any atom is 1.00 e. The van der Waals surface area contributed by atoms with Gasteiger partial charge in [0.25, 0.3) is 0 Å². The second-order valence-electron chi connectivity index (χ2n) is 0.555. The van der Waals surface area contributed by atoms with Crippen LogP contribution in [-0.2, 0) is 12.6 Å². The minimum absolute atomic E-state index is 0. The third-order valence-electron chi connectivity index (χ3n) is 0.163. The van der Waals surface area contributed by atoms with Crippen LogP contribution in [0.15, 0.2) is 0 Å². The molecule has 0 aromatic carbocycles. The van der Waals surface area contributed by atoms with Crippen molar-refractivity contribution in [2.45, 2.75) is 0 Å². The van der Waals surface area contributed by atoms with Gasteiger partial charge in [-0.25, -0.2) is 0 Å². The molecule has 0 N–H and O–H groups in total. The minimum Gasteiger partial charge on any atom is -0.409 e. The van der Waals surface area contributed by atoms with Crippen molar-refractivity contribution in [3.05, 3.63) is 0 Å². The summed E-state index contributed by atoms with van der Waals surface area (Å²) in [6.45, 7) is 0. The average Bonchev–Trinajstić information content (AvgIpc) is 1.36. The number of thiol groups is 2. The van der Waals surface area contributed by atoms with Crippen molar-refractivity contribution < 1.29 is 29.6 Å². The fraction of sp³-hybridized carbons (Fsp3) is 0. The maximum absolute atomic E-state index is 4.41. The summed E-state index contributed by atoms with van der Waals surface area (Å²) in [5.41, 5.74) is 0. The maximum atomic E-state index is 4.41. The molecule has 0 fully saturated rings. The molecular formula is CH2NNaS4. The summed E-state index contributed by atoms with van der Waals surface area (Å²) in [6, 6.07) is 0. The van der Waals surface area contributed by atoms with E-state index in [1.807, 2.05) is 0 Å². The van der Waals surface area contributed by atoms with Crippen LogP contribution in [0.1, 0.15) is 0 Å². The summed E-state index contributed by atoms with van der Waals surface area (Å²) in [6.07, 6.45) is 0. The molecule has 7 heavy (non-hydrogen) atoms. The van der Waals surface area contributed by atoms with Crippen molar-refractivity contribution in [2.24, 2.45) is 0 Å². The summed E-state index contributed by atoms with van der Waals surface area (Å²) in [7, 11) is 0. The van der Waals surface area contributed by atoms with E-state index in [0.717, 1.165) is 3.71 Å². The largest absolute Gasteiger partial charge is 1.00 e. The molecule has 0 bridgehead atoms. The number of hydrogen-bond donors (Lipinski definition) is 2. The zero-order valence-corrected chi connectivity index (χ0v) is 9.08. The van der Waals surface area contributed by atoms with Gasteiger partial charge in [0.05, 0.1) is 0 Å². The molecule has 0 aliphatic heterocycles. The van der Waals surface area contributed by atoms with Gasteiger partial charge in [0.15, 0.2) is 0 Å². The topological polar surface area (TPSA) is 3.24 Å². The Bertz CT molecular complexity index is 62.7. The van der Waals surface area contributed by atoms with Crippen molar-refractivity contribution in [2.75, 3.05) is 0 Å². The molecule has 0 aromatic heterocycles. The molecule has 0 aromatic rings. The Hall–Kier alpha value is 1.81. The quantitative estimate of drug-likeness (QED) is 0.188. The number of nitrogens with zero attached hydrogens (tertiary/aromatic N) is 1. The van der Waals surface area contributed by atoms with Crippen molar-refractivity contribution >= 4 is 54.8 Å². The van der Waals surface area contributed by atoms with Crippen LogP contribution in [0, 0.1) is 0 Å². The third-order valence-corrected chi connectivity index (χ3v) is 1.47. The van der Waals surface area contributed by atoms with E-state index in [4.69, 9.17) is 0 Å². The van der Waals surface area contributed by atoms with Crippen molar-refractivity contribution in [3.8, 4) is 0 Å². The van der Waals surface area contributed by atoms with Crippen LogP contribution in [0.25, 0.3) is 0 Å². The summed E-state index contributed by atoms with van der Waals surface area (Å²) in [5, 5.41) is 0. The Balaban J connectivity index is 0. The predicted molar refractivity (Wildman–Crippen MR) is 39.8 cm³/mol. The van der Waals surface area contributed by atoms with Gasteiger partial charge in [0, 0.05) is 0 Å². The van der Waals surface area contributed by atoms with Crippen molar-refractivity contribution in [3.63, 3.8) is 0 Å². The van der Waals surface area contributed by atoms with Gasteiger partial charge in [-0.05, 0) is 4.32 Å². The van der Waals surface area contributed by atoms with Crippen molar-refractivity contribution in [1.82, 2.24) is 3.71 Å². The van der Waals surface area contributed by atoms with Crippen LogP contribution in [-0.4, -0.2) is 8.03 Å². The Morgan fingerprint density at radius 2 is 1.71 bits per heavy atom. The van der Waals surface area contributed by atoms with Gasteiger partial charge in [0.2, 0.25) is 0 Å². The van der Waals surface area contributed by atoms with Gasteiger partial charge in [-0.3, -0.25) is 3.71 Å². The van der Waals surface area contributed by atoms with E-state index < -0.39 is 0 Å². The van der Waals surface area contributed by atoms with Crippen LogP contribution in [0.4, 0.5) is 0 Å². The Morgan fingerprint density at radius 3 is 1.71 bits per heavy atom. The molecule has 1 nitrogen and oxygen atoms in total.